The van der Waals surface area contributed by atoms with Crippen LogP contribution in [0.25, 0.3) is 0 Å². The van der Waals surface area contributed by atoms with Crippen molar-refractivity contribution in [1.82, 2.24) is 0 Å². The predicted octanol–water partition coefficient (Wildman–Crippen LogP) is 5.10. The molecular weight excluding hydrogens is 360 g/mol. The zero-order chi connectivity index (χ0) is 20.6. The van der Waals surface area contributed by atoms with Crippen molar-refractivity contribution in [1.29, 1.82) is 0 Å². The molecule has 1 aliphatic heterocycles. The van der Waals surface area contributed by atoms with Crippen LogP contribution in [-0.2, 0) is 14.3 Å². The summed E-state index contributed by atoms with van der Waals surface area (Å²) in [7, 11) is 0. The Hall–Kier alpha value is -1.27. The third kappa shape index (κ3) is 10.3. The van der Waals surface area contributed by atoms with Crippen molar-refractivity contribution >= 4 is 5.78 Å². The predicted molar refractivity (Wildman–Crippen MR) is 109 cm³/mol. The smallest absolute Gasteiger partial charge is 0.325 e. The Bertz CT molecular complexity index is 448. The van der Waals surface area contributed by atoms with Gasteiger partial charge >= 0.3 is 5.95 Å². The second kappa shape index (κ2) is 15.6. The molecule has 0 saturated heterocycles. The molecule has 0 radical (unpaired) electrons. The molecule has 0 aromatic rings. The van der Waals surface area contributed by atoms with E-state index in [2.05, 4.69) is 6.92 Å². The SMILES string of the molecule is CCCCCCCCCCCCCCCCOC[C@H](O)[C@H]1OC(O)=C(O)C1=O. The van der Waals surface area contributed by atoms with Crippen LogP contribution in [0.2, 0.25) is 0 Å². The third-order valence-corrected chi connectivity index (χ3v) is 5.21. The van der Waals surface area contributed by atoms with Crippen LogP contribution in [0.4, 0.5) is 0 Å². The number of aliphatic hydroxyl groups is 3. The van der Waals surface area contributed by atoms with E-state index in [1.54, 1.807) is 0 Å². The van der Waals surface area contributed by atoms with Gasteiger partial charge < -0.3 is 24.8 Å². The summed E-state index contributed by atoms with van der Waals surface area (Å²) in [6.45, 7) is 2.71. The molecule has 0 unspecified atom stereocenters. The lowest BCUT2D eigenvalue weighted by Gasteiger charge is -2.16. The number of hydrogen-bond donors (Lipinski definition) is 3. The van der Waals surface area contributed by atoms with E-state index >= 15 is 0 Å². The molecule has 6 nitrogen and oxygen atoms in total. The fourth-order valence-corrected chi connectivity index (χ4v) is 3.41. The first-order valence-corrected chi connectivity index (χ1v) is 11.2. The van der Waals surface area contributed by atoms with Crippen LogP contribution in [0.3, 0.4) is 0 Å². The number of ether oxygens (including phenoxy) is 2. The lowest BCUT2D eigenvalue weighted by Crippen LogP contribution is -2.36. The average Bonchev–Trinajstić information content (AvgIpc) is 2.95. The summed E-state index contributed by atoms with van der Waals surface area (Å²) in [5, 5.41) is 28.2. The van der Waals surface area contributed by atoms with Crippen LogP contribution in [0.15, 0.2) is 11.7 Å². The summed E-state index contributed by atoms with van der Waals surface area (Å²) in [6, 6.07) is 0. The number of carbonyl (C=O) groups excluding carboxylic acids is 1. The van der Waals surface area contributed by atoms with E-state index in [9.17, 15) is 15.0 Å². The molecule has 0 amide bonds. The molecule has 6 heteroatoms. The average molecular weight is 401 g/mol. The minimum atomic E-state index is -1.28. The normalized spacial score (nSPS) is 17.9. The summed E-state index contributed by atoms with van der Waals surface area (Å²) in [5.41, 5.74) is 0. The molecular formula is C22H40O6. The molecule has 164 valence electrons. The maximum Gasteiger partial charge on any atom is 0.325 e. The Balaban J connectivity index is 1.82. The monoisotopic (exact) mass is 400 g/mol. The zero-order valence-corrected chi connectivity index (χ0v) is 17.5. The molecule has 3 N–H and O–H groups in total. The first kappa shape index (κ1) is 24.8. The molecule has 1 heterocycles. The van der Waals surface area contributed by atoms with Crippen LogP contribution >= 0.6 is 0 Å². The Morgan fingerprint density at radius 2 is 1.32 bits per heavy atom. The van der Waals surface area contributed by atoms with Crippen molar-refractivity contribution in [3.05, 3.63) is 11.7 Å². The minimum Gasteiger partial charge on any atom is -0.499 e. The van der Waals surface area contributed by atoms with Crippen LogP contribution in [0.5, 0.6) is 0 Å². The fourth-order valence-electron chi connectivity index (χ4n) is 3.41. The van der Waals surface area contributed by atoms with E-state index in [0.717, 1.165) is 12.8 Å². The van der Waals surface area contributed by atoms with Gasteiger partial charge in [0, 0.05) is 6.61 Å². The molecule has 1 aliphatic rings. The molecule has 28 heavy (non-hydrogen) atoms. The van der Waals surface area contributed by atoms with E-state index in [1.165, 1.54) is 77.0 Å². The van der Waals surface area contributed by atoms with E-state index in [1.807, 2.05) is 0 Å². The highest BCUT2D eigenvalue weighted by Gasteiger charge is 2.40. The van der Waals surface area contributed by atoms with Gasteiger partial charge in [0.25, 0.3) is 0 Å². The summed E-state index contributed by atoms with van der Waals surface area (Å²) >= 11 is 0. The quantitative estimate of drug-likeness (QED) is 0.277. The highest BCUT2D eigenvalue weighted by atomic mass is 16.6. The lowest BCUT2D eigenvalue weighted by atomic mass is 10.0. The molecule has 1 rings (SSSR count). The van der Waals surface area contributed by atoms with Gasteiger partial charge in [0.1, 0.15) is 6.10 Å². The van der Waals surface area contributed by atoms with Crippen LogP contribution in [0.1, 0.15) is 96.8 Å². The molecule has 2 atom stereocenters. The molecule has 0 aromatic carbocycles. The van der Waals surface area contributed by atoms with Crippen LogP contribution < -0.4 is 0 Å². The number of carbonyl (C=O) groups is 1. The second-order valence-corrected chi connectivity index (χ2v) is 7.79. The highest BCUT2D eigenvalue weighted by molar-refractivity contribution is 5.99. The standard InChI is InChI=1S/C22H40O6/c1-2-3-4-5-6-7-8-9-10-11-12-13-14-15-16-27-17-18(23)21-19(24)20(25)22(26)28-21/h18,21,23,25-26H,2-17H2,1H3/t18-,21+/m0/s1. The topological polar surface area (TPSA) is 96.2 Å². The number of ketones is 1. The van der Waals surface area contributed by atoms with Gasteiger partial charge in [-0.1, -0.05) is 90.4 Å². The lowest BCUT2D eigenvalue weighted by molar-refractivity contribution is -0.132. The maximum atomic E-state index is 11.5. The van der Waals surface area contributed by atoms with Gasteiger partial charge in [0.2, 0.25) is 11.5 Å². The Morgan fingerprint density at radius 1 is 0.857 bits per heavy atom. The minimum absolute atomic E-state index is 0.0601. The van der Waals surface area contributed by atoms with Crippen molar-refractivity contribution in [3.8, 4) is 0 Å². The van der Waals surface area contributed by atoms with E-state index in [4.69, 9.17) is 14.6 Å². The van der Waals surface area contributed by atoms with Gasteiger partial charge in [-0.2, -0.15) is 0 Å². The highest BCUT2D eigenvalue weighted by Crippen LogP contribution is 2.20. The number of unbranched alkanes of at least 4 members (excludes halogenated alkanes) is 13. The first-order chi connectivity index (χ1) is 13.6. The molecule has 0 saturated carbocycles. The van der Waals surface area contributed by atoms with Crippen molar-refractivity contribution in [2.75, 3.05) is 13.2 Å². The Morgan fingerprint density at radius 3 is 1.75 bits per heavy atom. The molecule has 0 aliphatic carbocycles. The second-order valence-electron chi connectivity index (χ2n) is 7.79. The van der Waals surface area contributed by atoms with Crippen molar-refractivity contribution in [2.24, 2.45) is 0 Å². The van der Waals surface area contributed by atoms with Gasteiger partial charge in [-0.05, 0) is 6.42 Å². The summed E-state index contributed by atoms with van der Waals surface area (Å²) < 4.78 is 10.1. The number of hydrogen-bond acceptors (Lipinski definition) is 6. The molecule has 0 bridgehead atoms. The van der Waals surface area contributed by atoms with Crippen molar-refractivity contribution in [3.63, 3.8) is 0 Å². The number of Topliss-reactive ketones (excluding diaryl/α,β-unsaturated/α-hetero) is 1. The molecule has 0 spiro atoms. The summed E-state index contributed by atoms with van der Waals surface area (Å²) in [4.78, 5) is 11.5. The molecule has 0 aromatic heterocycles. The van der Waals surface area contributed by atoms with E-state index < -0.39 is 29.7 Å². The maximum absolute atomic E-state index is 11.5. The third-order valence-electron chi connectivity index (χ3n) is 5.21. The largest absolute Gasteiger partial charge is 0.499 e. The van der Waals surface area contributed by atoms with Crippen LogP contribution in [0, 0.1) is 0 Å². The van der Waals surface area contributed by atoms with E-state index in [0.29, 0.717) is 6.61 Å². The van der Waals surface area contributed by atoms with Crippen molar-refractivity contribution < 1.29 is 29.6 Å². The van der Waals surface area contributed by atoms with Crippen LogP contribution in [-0.4, -0.2) is 46.5 Å². The first-order valence-electron chi connectivity index (χ1n) is 11.2. The van der Waals surface area contributed by atoms with Gasteiger partial charge in [-0.3, -0.25) is 4.79 Å². The number of rotatable bonds is 18. The molecule has 0 fully saturated rings. The van der Waals surface area contributed by atoms with Gasteiger partial charge in [-0.25, -0.2) is 0 Å². The summed E-state index contributed by atoms with van der Waals surface area (Å²) in [5.74, 6) is -2.48. The zero-order valence-electron chi connectivity index (χ0n) is 17.5. The Labute approximate surface area is 169 Å². The van der Waals surface area contributed by atoms with Gasteiger partial charge in [-0.15, -0.1) is 0 Å². The fraction of sp³-hybridized carbons (Fsp3) is 0.864. The van der Waals surface area contributed by atoms with E-state index in [-0.39, 0.29) is 6.61 Å². The van der Waals surface area contributed by atoms with Crippen molar-refractivity contribution in [2.45, 2.75) is 109 Å². The Kier molecular flexibility index (Phi) is 13.8. The van der Waals surface area contributed by atoms with Gasteiger partial charge in [0.05, 0.1) is 6.61 Å². The number of aliphatic hydroxyl groups excluding tert-OH is 3. The van der Waals surface area contributed by atoms with Gasteiger partial charge in [0.15, 0.2) is 6.10 Å². The summed E-state index contributed by atoms with van der Waals surface area (Å²) in [6.07, 6.45) is 15.6.